The van der Waals surface area contributed by atoms with Crippen molar-refractivity contribution in [1.29, 1.82) is 0 Å². The van der Waals surface area contributed by atoms with Crippen LogP contribution in [0.15, 0.2) is 121 Å². The molecule has 3 heterocycles. The van der Waals surface area contributed by atoms with Crippen LogP contribution in [0.25, 0.3) is 44.3 Å². The van der Waals surface area contributed by atoms with Gasteiger partial charge < -0.3 is 4.90 Å². The van der Waals surface area contributed by atoms with Crippen molar-refractivity contribution in [2.45, 2.75) is 18.3 Å². The fourth-order valence-corrected chi connectivity index (χ4v) is 8.56. The number of aromatic nitrogens is 2. The van der Waals surface area contributed by atoms with Crippen LogP contribution in [-0.4, -0.2) is 47.0 Å². The van der Waals surface area contributed by atoms with E-state index in [9.17, 15) is 0 Å². The van der Waals surface area contributed by atoms with E-state index < -0.39 is 5.41 Å². The Bertz CT molecular complexity index is 2220. The summed E-state index contributed by atoms with van der Waals surface area (Å²) in [7, 11) is 0. The average molecular weight is 582 g/mol. The first kappa shape index (κ1) is 25.1. The van der Waals surface area contributed by atoms with Gasteiger partial charge in [-0.05, 0) is 74.2 Å². The lowest BCUT2D eigenvalue weighted by molar-refractivity contribution is 0.359. The van der Waals surface area contributed by atoms with E-state index >= 15 is 0 Å². The maximum Gasteiger partial charge on any atom is 0.202 e. The van der Waals surface area contributed by atoms with Crippen molar-refractivity contribution in [2.75, 3.05) is 31.1 Å². The highest BCUT2D eigenvalue weighted by atomic mass is 15.4. The molecule has 1 fully saturated rings. The minimum atomic E-state index is -0.405. The molecule has 5 aromatic carbocycles. The highest BCUT2D eigenvalue weighted by Gasteiger charge is 2.52. The number of hydrogen-bond donors (Lipinski definition) is 0. The van der Waals surface area contributed by atoms with Crippen molar-refractivity contribution in [3.05, 3.63) is 138 Å². The van der Waals surface area contributed by atoms with Gasteiger partial charge in [0.25, 0.3) is 0 Å². The molecule has 5 heteroatoms. The number of hydrogen-bond acceptors (Lipinski definition) is 5. The van der Waals surface area contributed by atoms with Crippen LogP contribution in [0.4, 0.5) is 5.82 Å². The number of aliphatic imine (C=N–C) groups is 1. The van der Waals surface area contributed by atoms with E-state index in [4.69, 9.17) is 15.0 Å². The molecule has 1 saturated heterocycles. The monoisotopic (exact) mass is 581 g/mol. The average Bonchev–Trinajstić information content (AvgIpc) is 3.59. The van der Waals surface area contributed by atoms with Gasteiger partial charge in [-0.3, -0.25) is 9.89 Å². The zero-order valence-electron chi connectivity index (χ0n) is 24.9. The second kappa shape index (κ2) is 9.35. The van der Waals surface area contributed by atoms with E-state index in [1.807, 2.05) is 0 Å². The van der Waals surface area contributed by atoms with Crippen molar-refractivity contribution in [2.24, 2.45) is 4.99 Å². The van der Waals surface area contributed by atoms with Crippen LogP contribution in [0.3, 0.4) is 0 Å². The fourth-order valence-electron chi connectivity index (χ4n) is 8.56. The van der Waals surface area contributed by atoms with Gasteiger partial charge in [-0.2, -0.15) is 0 Å². The van der Waals surface area contributed by atoms with Crippen molar-refractivity contribution >= 4 is 22.5 Å². The number of fused-ring (bicyclic) bond motifs is 13. The van der Waals surface area contributed by atoms with Crippen LogP contribution >= 0.6 is 0 Å². The fraction of sp³-hybridized carbons (Fsp3) is 0.175. The van der Waals surface area contributed by atoms with Gasteiger partial charge in [0.15, 0.2) is 0 Å². The van der Waals surface area contributed by atoms with Crippen LogP contribution in [0.1, 0.15) is 35.1 Å². The van der Waals surface area contributed by atoms with Gasteiger partial charge in [0.1, 0.15) is 12.1 Å². The Kier molecular flexibility index (Phi) is 5.21. The molecule has 0 saturated carbocycles. The first-order valence-electron chi connectivity index (χ1n) is 16.1. The standard InChI is InChI=1S/C40H31N5/c1-2-10-28-26(9-1)16-18-34-38(28)31-12-4-6-14-33(31)40(34)32-13-5-3-11-29(32)30-17-15-27(23-35(30)40)36-24-37(43-25-42-36)45-22-8-21-44-20-7-19-41-39(44)45/h1-6,9-18,23-25H,7-8,19-22H2. The quantitative estimate of drug-likeness (QED) is 0.208. The third kappa shape index (κ3) is 3.35. The molecule has 45 heavy (non-hydrogen) atoms. The predicted molar refractivity (Wildman–Crippen MR) is 182 cm³/mol. The van der Waals surface area contributed by atoms with Crippen LogP contribution in [-0.2, 0) is 5.41 Å². The van der Waals surface area contributed by atoms with Gasteiger partial charge in [0, 0.05) is 37.8 Å². The summed E-state index contributed by atoms with van der Waals surface area (Å²) in [6.45, 7) is 3.94. The highest BCUT2D eigenvalue weighted by Crippen LogP contribution is 2.64. The summed E-state index contributed by atoms with van der Waals surface area (Å²) < 4.78 is 0. The largest absolute Gasteiger partial charge is 0.342 e. The molecular weight excluding hydrogens is 550 g/mol. The molecule has 4 aliphatic rings. The molecule has 0 amide bonds. The van der Waals surface area contributed by atoms with Crippen molar-refractivity contribution in [3.63, 3.8) is 0 Å². The first-order valence-corrected chi connectivity index (χ1v) is 16.1. The molecule has 0 radical (unpaired) electrons. The van der Waals surface area contributed by atoms with Gasteiger partial charge in [0.2, 0.25) is 5.96 Å². The summed E-state index contributed by atoms with van der Waals surface area (Å²) in [6, 6.07) is 40.6. The molecule has 10 rings (SSSR count). The zero-order chi connectivity index (χ0) is 29.5. The van der Waals surface area contributed by atoms with Gasteiger partial charge >= 0.3 is 0 Å². The van der Waals surface area contributed by atoms with Crippen LogP contribution < -0.4 is 4.90 Å². The number of anilines is 1. The molecule has 6 aromatic rings. The molecule has 2 aliphatic heterocycles. The van der Waals surface area contributed by atoms with Gasteiger partial charge in [-0.15, -0.1) is 0 Å². The summed E-state index contributed by atoms with van der Waals surface area (Å²) in [5.41, 5.74) is 12.3. The second-order valence-electron chi connectivity index (χ2n) is 12.6. The van der Waals surface area contributed by atoms with E-state index in [1.165, 1.54) is 55.3 Å². The Balaban J connectivity index is 1.20. The molecule has 1 spiro atoms. The number of rotatable bonds is 2. The van der Waals surface area contributed by atoms with Gasteiger partial charge in [0.05, 0.1) is 11.1 Å². The molecule has 1 aromatic heterocycles. The van der Waals surface area contributed by atoms with Crippen LogP contribution in [0.5, 0.6) is 0 Å². The Morgan fingerprint density at radius 2 is 1.38 bits per heavy atom. The smallest absolute Gasteiger partial charge is 0.202 e. The Morgan fingerprint density at radius 3 is 2.31 bits per heavy atom. The minimum absolute atomic E-state index is 0.405. The summed E-state index contributed by atoms with van der Waals surface area (Å²) in [4.78, 5) is 19.2. The lowest BCUT2D eigenvalue weighted by Crippen LogP contribution is -2.52. The summed E-state index contributed by atoms with van der Waals surface area (Å²) in [5.74, 6) is 1.98. The van der Waals surface area contributed by atoms with E-state index in [-0.39, 0.29) is 0 Å². The van der Waals surface area contributed by atoms with E-state index in [2.05, 4.69) is 119 Å². The maximum absolute atomic E-state index is 4.90. The maximum atomic E-state index is 4.90. The second-order valence-corrected chi connectivity index (χ2v) is 12.6. The van der Waals surface area contributed by atoms with Crippen molar-refractivity contribution in [1.82, 2.24) is 14.9 Å². The molecule has 216 valence electrons. The molecule has 1 unspecified atom stereocenters. The topological polar surface area (TPSA) is 44.6 Å². The molecule has 2 aliphatic carbocycles. The molecule has 5 nitrogen and oxygen atoms in total. The Morgan fingerprint density at radius 1 is 0.600 bits per heavy atom. The lowest BCUT2D eigenvalue weighted by Gasteiger charge is -2.40. The number of guanidine groups is 1. The normalized spacial score (nSPS) is 19.2. The molecule has 0 N–H and O–H groups in total. The minimum Gasteiger partial charge on any atom is -0.342 e. The van der Waals surface area contributed by atoms with Crippen LogP contribution in [0, 0.1) is 0 Å². The summed E-state index contributed by atoms with van der Waals surface area (Å²) in [5, 5.41) is 2.58. The van der Waals surface area contributed by atoms with Crippen LogP contribution in [0.2, 0.25) is 0 Å². The third-order valence-electron chi connectivity index (χ3n) is 10.4. The summed E-state index contributed by atoms with van der Waals surface area (Å²) >= 11 is 0. The number of nitrogens with zero attached hydrogens (tertiary/aromatic N) is 5. The first-order chi connectivity index (χ1) is 22.3. The Hall–Kier alpha value is -5.29. The number of benzene rings is 5. The molecular formula is C40H31N5. The van der Waals surface area contributed by atoms with Gasteiger partial charge in [-0.25, -0.2) is 9.97 Å². The van der Waals surface area contributed by atoms with Crippen molar-refractivity contribution < 1.29 is 0 Å². The molecule has 1 atom stereocenters. The molecule has 0 bridgehead atoms. The van der Waals surface area contributed by atoms with E-state index in [1.54, 1.807) is 6.33 Å². The highest BCUT2D eigenvalue weighted by molar-refractivity contribution is 6.06. The van der Waals surface area contributed by atoms with Crippen molar-refractivity contribution in [3.8, 4) is 33.5 Å². The summed E-state index contributed by atoms with van der Waals surface area (Å²) in [6.07, 6.45) is 3.94. The van der Waals surface area contributed by atoms with E-state index in [0.717, 1.165) is 62.1 Å². The van der Waals surface area contributed by atoms with Gasteiger partial charge in [-0.1, -0.05) is 97.1 Å². The Labute approximate surface area is 262 Å². The lowest BCUT2D eigenvalue weighted by atomic mass is 9.70. The predicted octanol–water partition coefficient (Wildman–Crippen LogP) is 7.91. The third-order valence-corrected chi connectivity index (χ3v) is 10.4. The van der Waals surface area contributed by atoms with E-state index in [0.29, 0.717) is 0 Å². The zero-order valence-corrected chi connectivity index (χ0v) is 24.9. The SMILES string of the molecule is c1ccc2c(c1)-c1ccc(-c3cc(N4CCCN5CCCN=C54)ncn3)cc1C21c2ccccc2-c2c1ccc1ccccc21.